The Labute approximate surface area is 328 Å². The van der Waals surface area contributed by atoms with E-state index in [2.05, 4.69) is 10.6 Å². The minimum absolute atomic E-state index is 0.211. The molecule has 6 aromatic rings. The van der Waals surface area contributed by atoms with Gasteiger partial charge in [-0.2, -0.15) is 0 Å². The Kier molecular flexibility index (Phi) is 14.5. The molecule has 0 heterocycles. The van der Waals surface area contributed by atoms with Crippen molar-refractivity contribution in [3.05, 3.63) is 191 Å². The van der Waals surface area contributed by atoms with Gasteiger partial charge in [-0.05, 0) is 59.4 Å². The number of amides is 2. The van der Waals surface area contributed by atoms with Gasteiger partial charge in [0.15, 0.2) is 23.0 Å². The summed E-state index contributed by atoms with van der Waals surface area (Å²) >= 11 is 0. The Hall–Kier alpha value is -6.58. The second-order valence-electron chi connectivity index (χ2n) is 13.2. The van der Waals surface area contributed by atoms with Gasteiger partial charge in [0.25, 0.3) is 11.8 Å². The van der Waals surface area contributed by atoms with Crippen molar-refractivity contribution in [3.8, 4) is 23.0 Å². The zero-order chi connectivity index (χ0) is 38.8. The fourth-order valence-electron chi connectivity index (χ4n) is 6.00. The van der Waals surface area contributed by atoms with Crippen LogP contribution in [0.15, 0.2) is 158 Å². The predicted molar refractivity (Wildman–Crippen MR) is 218 cm³/mol. The summed E-state index contributed by atoms with van der Waals surface area (Å²) in [5.74, 6) is 1.05. The van der Waals surface area contributed by atoms with Crippen LogP contribution in [0.1, 0.15) is 55.8 Å². The number of benzene rings is 6. The second-order valence-corrected chi connectivity index (χ2v) is 13.2. The van der Waals surface area contributed by atoms with Crippen LogP contribution in [0.3, 0.4) is 0 Å². The lowest BCUT2D eigenvalue weighted by atomic mass is 10.1. The van der Waals surface area contributed by atoms with Crippen molar-refractivity contribution < 1.29 is 28.5 Å². The monoisotopic (exact) mass is 749 g/mol. The maximum absolute atomic E-state index is 13.8. The number of nitrogens with two attached hydrogens (primary N) is 1. The van der Waals surface area contributed by atoms with Crippen LogP contribution in [0.4, 0.5) is 0 Å². The molecule has 0 aliphatic rings. The molecule has 0 bridgehead atoms. The number of carbonyl (C=O) groups is 2. The average molecular weight is 750 g/mol. The molecule has 0 aromatic heterocycles. The van der Waals surface area contributed by atoms with Crippen molar-refractivity contribution in [2.75, 3.05) is 13.1 Å². The van der Waals surface area contributed by atoms with Gasteiger partial charge in [0, 0.05) is 19.1 Å². The number of hydrogen-bond donors (Lipinski definition) is 3. The molecule has 56 heavy (non-hydrogen) atoms. The van der Waals surface area contributed by atoms with E-state index in [1.807, 2.05) is 121 Å². The molecule has 0 saturated heterocycles. The van der Waals surface area contributed by atoms with Crippen LogP contribution in [-0.4, -0.2) is 30.9 Å². The summed E-state index contributed by atoms with van der Waals surface area (Å²) in [4.78, 5) is 27.4. The van der Waals surface area contributed by atoms with Gasteiger partial charge in [-0.1, -0.05) is 133 Å². The zero-order valence-corrected chi connectivity index (χ0v) is 31.3. The zero-order valence-electron chi connectivity index (χ0n) is 31.3. The minimum Gasteiger partial charge on any atom is -0.485 e. The third-order valence-corrected chi connectivity index (χ3v) is 9.01. The summed E-state index contributed by atoms with van der Waals surface area (Å²) in [6, 6.07) is 49.4. The van der Waals surface area contributed by atoms with E-state index in [0.717, 1.165) is 22.3 Å². The smallest absolute Gasteiger partial charge is 0.255 e. The third-order valence-electron chi connectivity index (χ3n) is 9.01. The average Bonchev–Trinajstić information content (AvgIpc) is 3.25. The minimum atomic E-state index is -0.352. The maximum Gasteiger partial charge on any atom is 0.255 e. The Morgan fingerprint density at radius 2 is 0.875 bits per heavy atom. The van der Waals surface area contributed by atoms with Gasteiger partial charge in [0.1, 0.15) is 26.4 Å². The molecule has 1 atom stereocenters. The molecular formula is C47H47N3O6. The van der Waals surface area contributed by atoms with E-state index in [1.165, 1.54) is 0 Å². The van der Waals surface area contributed by atoms with Crippen LogP contribution >= 0.6 is 0 Å². The number of ether oxygens (including phenoxy) is 4. The molecular weight excluding hydrogens is 703 g/mol. The first kappa shape index (κ1) is 39.1. The molecule has 4 N–H and O–H groups in total. The fourth-order valence-corrected chi connectivity index (χ4v) is 6.00. The highest BCUT2D eigenvalue weighted by atomic mass is 16.5. The normalized spacial score (nSPS) is 11.2. The van der Waals surface area contributed by atoms with Crippen molar-refractivity contribution in [2.45, 2.75) is 45.3 Å². The van der Waals surface area contributed by atoms with Gasteiger partial charge in [0.05, 0.1) is 11.1 Å². The van der Waals surface area contributed by atoms with Gasteiger partial charge in [-0.25, -0.2) is 0 Å². The second kappa shape index (κ2) is 20.8. The van der Waals surface area contributed by atoms with E-state index < -0.39 is 0 Å². The van der Waals surface area contributed by atoms with Crippen molar-refractivity contribution in [2.24, 2.45) is 5.73 Å². The molecule has 286 valence electrons. The lowest BCUT2D eigenvalue weighted by Gasteiger charge is -2.20. The Morgan fingerprint density at radius 1 is 0.482 bits per heavy atom. The number of nitrogens with one attached hydrogen (secondary N) is 2. The largest absolute Gasteiger partial charge is 0.485 e. The summed E-state index contributed by atoms with van der Waals surface area (Å²) < 4.78 is 24.8. The maximum atomic E-state index is 13.8. The molecule has 2 amide bonds. The van der Waals surface area contributed by atoms with Crippen LogP contribution in [0.5, 0.6) is 23.0 Å². The van der Waals surface area contributed by atoms with Crippen molar-refractivity contribution >= 4 is 11.8 Å². The molecule has 9 heteroatoms. The van der Waals surface area contributed by atoms with Gasteiger partial charge in [0.2, 0.25) is 0 Å². The lowest BCUT2D eigenvalue weighted by Crippen LogP contribution is -2.41. The first-order valence-corrected chi connectivity index (χ1v) is 18.8. The number of carbonyl (C=O) groups excluding carboxylic acids is 2. The third kappa shape index (κ3) is 11.5. The van der Waals surface area contributed by atoms with Crippen molar-refractivity contribution in [3.63, 3.8) is 0 Å². The predicted octanol–water partition coefficient (Wildman–Crippen LogP) is 8.27. The van der Waals surface area contributed by atoms with E-state index in [1.54, 1.807) is 36.4 Å². The van der Waals surface area contributed by atoms with E-state index in [-0.39, 0.29) is 37.6 Å². The molecule has 0 aliphatic carbocycles. The fraction of sp³-hybridized carbons (Fsp3) is 0.191. The Morgan fingerprint density at radius 3 is 1.29 bits per heavy atom. The van der Waals surface area contributed by atoms with Crippen LogP contribution in [0.25, 0.3) is 0 Å². The molecule has 0 radical (unpaired) electrons. The highest BCUT2D eigenvalue weighted by molar-refractivity contribution is 5.98. The standard InChI is InChI=1S/C47H47N3O6/c48-30-39(50-47(52)41-26-14-28-43(54-32-36-18-7-2-8-19-36)45(41)56-34-38-22-11-4-12-23-38)24-15-29-49-46(51)40-25-13-27-42(53-31-35-16-5-1-6-17-35)44(40)55-33-37-20-9-3-10-21-37/h1-14,16-23,25-28,39H,15,24,29-34,48H2,(H,49,51)(H,50,52)/t39-/m1/s1. The molecule has 0 aliphatic heterocycles. The molecule has 6 aromatic carbocycles. The van der Waals surface area contributed by atoms with E-state index in [9.17, 15) is 9.59 Å². The summed E-state index contributed by atoms with van der Waals surface area (Å²) in [6.07, 6.45) is 1.10. The Balaban J connectivity index is 1.08. The molecule has 6 rings (SSSR count). The highest BCUT2D eigenvalue weighted by Gasteiger charge is 2.22. The van der Waals surface area contributed by atoms with Gasteiger partial charge >= 0.3 is 0 Å². The quantitative estimate of drug-likeness (QED) is 0.0672. The lowest BCUT2D eigenvalue weighted by molar-refractivity contribution is 0.0920. The summed E-state index contributed by atoms with van der Waals surface area (Å²) in [6.45, 7) is 1.73. The van der Waals surface area contributed by atoms with E-state index >= 15 is 0 Å². The highest BCUT2D eigenvalue weighted by Crippen LogP contribution is 2.34. The molecule has 0 unspecified atom stereocenters. The van der Waals surface area contributed by atoms with Crippen molar-refractivity contribution in [1.82, 2.24) is 10.6 Å². The molecule has 0 fully saturated rings. The van der Waals surface area contributed by atoms with Gasteiger partial charge < -0.3 is 35.3 Å². The number of rotatable bonds is 20. The van der Waals surface area contributed by atoms with Crippen LogP contribution in [0.2, 0.25) is 0 Å². The molecule has 0 saturated carbocycles. The number of hydrogen-bond acceptors (Lipinski definition) is 7. The van der Waals surface area contributed by atoms with Crippen molar-refractivity contribution in [1.29, 1.82) is 0 Å². The van der Waals surface area contributed by atoms with Gasteiger partial charge in [-0.15, -0.1) is 0 Å². The Bertz CT molecular complexity index is 2120. The SMILES string of the molecule is NC[C@@H](CCCNC(=O)c1cccc(OCc2ccccc2)c1OCc1ccccc1)NC(=O)c1cccc(OCc2ccccc2)c1OCc1ccccc1. The van der Waals surface area contributed by atoms with Crippen LogP contribution in [0, 0.1) is 0 Å². The van der Waals surface area contributed by atoms with E-state index in [4.69, 9.17) is 24.7 Å². The van der Waals surface area contributed by atoms with Crippen LogP contribution < -0.4 is 35.3 Å². The first-order chi connectivity index (χ1) is 27.6. The van der Waals surface area contributed by atoms with E-state index in [0.29, 0.717) is 66.7 Å². The number of para-hydroxylation sites is 2. The van der Waals surface area contributed by atoms with Gasteiger partial charge in [-0.3, -0.25) is 9.59 Å². The van der Waals surface area contributed by atoms with Crippen LogP contribution in [-0.2, 0) is 26.4 Å². The first-order valence-electron chi connectivity index (χ1n) is 18.8. The summed E-state index contributed by atoms with van der Waals surface area (Å²) in [7, 11) is 0. The summed E-state index contributed by atoms with van der Waals surface area (Å²) in [5, 5.41) is 6.08. The summed E-state index contributed by atoms with van der Waals surface area (Å²) in [5.41, 5.74) is 10.8. The molecule has 9 nitrogen and oxygen atoms in total. The topological polar surface area (TPSA) is 121 Å². The molecule has 0 spiro atoms.